The molecular weight excluding hydrogens is 323 g/mol. The van der Waals surface area contributed by atoms with Crippen LogP contribution in [0.2, 0.25) is 0 Å². The molecule has 0 radical (unpaired) electrons. The minimum Gasteiger partial charge on any atom is -0.481 e. The first-order valence-corrected chi connectivity index (χ1v) is 7.01. The van der Waals surface area contributed by atoms with Crippen molar-refractivity contribution in [1.82, 2.24) is 5.32 Å². The molecule has 1 atom stereocenters. The molecule has 126 valence electrons. The molecule has 0 spiro atoms. The summed E-state index contributed by atoms with van der Waals surface area (Å²) in [4.78, 5) is 23.2. The highest BCUT2D eigenvalue weighted by molar-refractivity contribution is 5.94. The van der Waals surface area contributed by atoms with Gasteiger partial charge in [-0.05, 0) is 36.8 Å². The van der Waals surface area contributed by atoms with Crippen molar-refractivity contribution in [3.8, 4) is 0 Å². The second kappa shape index (κ2) is 7.16. The van der Waals surface area contributed by atoms with Gasteiger partial charge in [0.05, 0.1) is 12.5 Å². The first-order chi connectivity index (χ1) is 11.3. The lowest BCUT2D eigenvalue weighted by Crippen LogP contribution is -2.31. The number of aliphatic carboxylic acids is 1. The SMILES string of the molecule is Cc1cc(F)cc(C(=O)NC(CC(=O)O)c2ccc(F)cc2F)c1. The molecule has 1 unspecified atom stereocenters. The van der Waals surface area contributed by atoms with Crippen molar-refractivity contribution in [2.24, 2.45) is 0 Å². The second-order valence-corrected chi connectivity index (χ2v) is 5.31. The fourth-order valence-corrected chi connectivity index (χ4v) is 2.31. The van der Waals surface area contributed by atoms with Crippen molar-refractivity contribution < 1.29 is 27.9 Å². The van der Waals surface area contributed by atoms with Gasteiger partial charge in [-0.25, -0.2) is 13.2 Å². The highest BCUT2D eigenvalue weighted by Crippen LogP contribution is 2.22. The number of hydrogen-bond donors (Lipinski definition) is 2. The maximum Gasteiger partial charge on any atom is 0.305 e. The Balaban J connectivity index is 2.31. The Kier molecular flexibility index (Phi) is 5.23. The van der Waals surface area contributed by atoms with Crippen LogP contribution in [0.3, 0.4) is 0 Å². The van der Waals surface area contributed by atoms with Gasteiger partial charge >= 0.3 is 5.97 Å². The summed E-state index contributed by atoms with van der Waals surface area (Å²) in [5.74, 6) is -4.45. The predicted molar refractivity (Wildman–Crippen MR) is 80.0 cm³/mol. The van der Waals surface area contributed by atoms with E-state index in [0.29, 0.717) is 11.6 Å². The number of benzene rings is 2. The van der Waals surface area contributed by atoms with Crippen molar-refractivity contribution in [1.29, 1.82) is 0 Å². The minimum absolute atomic E-state index is 0.0228. The first-order valence-electron chi connectivity index (χ1n) is 7.01. The maximum atomic E-state index is 13.9. The number of hydrogen-bond acceptors (Lipinski definition) is 2. The summed E-state index contributed by atoms with van der Waals surface area (Å²) in [5, 5.41) is 11.3. The van der Waals surface area contributed by atoms with Gasteiger partial charge in [-0.15, -0.1) is 0 Å². The molecule has 0 aliphatic heterocycles. The fraction of sp³-hybridized carbons (Fsp3) is 0.176. The molecule has 4 nitrogen and oxygen atoms in total. The molecule has 2 aromatic rings. The number of carboxylic acid groups (broad SMARTS) is 1. The van der Waals surface area contributed by atoms with E-state index in [-0.39, 0.29) is 11.1 Å². The van der Waals surface area contributed by atoms with Crippen LogP contribution in [0.15, 0.2) is 36.4 Å². The lowest BCUT2D eigenvalue weighted by atomic mass is 10.0. The Hall–Kier alpha value is -2.83. The molecule has 7 heteroatoms. The van der Waals surface area contributed by atoms with Crippen LogP contribution in [0.25, 0.3) is 0 Å². The number of rotatable bonds is 5. The zero-order valence-corrected chi connectivity index (χ0v) is 12.6. The Morgan fingerprint density at radius 2 is 1.79 bits per heavy atom. The molecule has 2 aromatic carbocycles. The van der Waals surface area contributed by atoms with Crippen molar-refractivity contribution in [2.75, 3.05) is 0 Å². The van der Waals surface area contributed by atoms with Gasteiger partial charge in [0.15, 0.2) is 0 Å². The van der Waals surface area contributed by atoms with Gasteiger partial charge in [0.25, 0.3) is 5.91 Å². The summed E-state index contributed by atoms with van der Waals surface area (Å²) in [6, 6.07) is 5.03. The third kappa shape index (κ3) is 4.34. The molecule has 2 rings (SSSR count). The number of halogens is 3. The highest BCUT2D eigenvalue weighted by Gasteiger charge is 2.22. The third-order valence-corrected chi connectivity index (χ3v) is 3.33. The average Bonchev–Trinajstić information content (AvgIpc) is 2.45. The summed E-state index contributed by atoms with van der Waals surface area (Å²) >= 11 is 0. The molecule has 0 heterocycles. The molecule has 1 amide bonds. The monoisotopic (exact) mass is 337 g/mol. The number of carboxylic acids is 1. The molecule has 0 saturated heterocycles. The molecular formula is C17H14F3NO3. The molecule has 0 aliphatic carbocycles. The normalized spacial score (nSPS) is 11.8. The number of carbonyl (C=O) groups excluding carboxylic acids is 1. The highest BCUT2D eigenvalue weighted by atomic mass is 19.1. The summed E-state index contributed by atoms with van der Waals surface area (Å²) < 4.78 is 40.3. The van der Waals surface area contributed by atoms with Gasteiger partial charge < -0.3 is 10.4 Å². The van der Waals surface area contributed by atoms with E-state index in [0.717, 1.165) is 18.2 Å². The standard InChI is InChI=1S/C17H14F3NO3/c1-9-4-10(6-12(19)5-9)17(24)21-15(8-16(22)23)13-3-2-11(18)7-14(13)20/h2-7,15H,8H2,1H3,(H,21,24)(H,22,23). The number of amides is 1. The Labute approximate surface area is 135 Å². The van der Waals surface area contributed by atoms with Crippen LogP contribution < -0.4 is 5.32 Å². The topological polar surface area (TPSA) is 66.4 Å². The molecule has 24 heavy (non-hydrogen) atoms. The molecule has 0 aliphatic rings. The zero-order chi connectivity index (χ0) is 17.9. The third-order valence-electron chi connectivity index (χ3n) is 3.33. The van der Waals surface area contributed by atoms with Crippen molar-refractivity contribution >= 4 is 11.9 Å². The second-order valence-electron chi connectivity index (χ2n) is 5.31. The van der Waals surface area contributed by atoms with Crippen LogP contribution in [-0.4, -0.2) is 17.0 Å². The molecule has 0 bridgehead atoms. The predicted octanol–water partition coefficient (Wildman–Crippen LogP) is 3.36. The van der Waals surface area contributed by atoms with Crippen molar-refractivity contribution in [3.63, 3.8) is 0 Å². The van der Waals surface area contributed by atoms with Crippen LogP contribution >= 0.6 is 0 Å². The Morgan fingerprint density at radius 1 is 1.08 bits per heavy atom. The van der Waals surface area contributed by atoms with E-state index in [1.54, 1.807) is 6.92 Å². The van der Waals surface area contributed by atoms with Crippen LogP contribution in [0.5, 0.6) is 0 Å². The van der Waals surface area contributed by atoms with E-state index in [2.05, 4.69) is 5.32 Å². The van der Waals surface area contributed by atoms with Gasteiger partial charge in [-0.2, -0.15) is 0 Å². The molecule has 2 N–H and O–H groups in total. The molecule has 0 fully saturated rings. The number of aryl methyl sites for hydroxylation is 1. The van der Waals surface area contributed by atoms with Crippen LogP contribution in [-0.2, 0) is 4.79 Å². The minimum atomic E-state index is -1.28. The quantitative estimate of drug-likeness (QED) is 0.879. The van der Waals surface area contributed by atoms with E-state index in [1.807, 2.05) is 0 Å². The number of nitrogens with one attached hydrogen (secondary N) is 1. The zero-order valence-electron chi connectivity index (χ0n) is 12.6. The first kappa shape index (κ1) is 17.5. The fourth-order valence-electron chi connectivity index (χ4n) is 2.31. The van der Waals surface area contributed by atoms with Gasteiger partial charge in [0, 0.05) is 17.2 Å². The van der Waals surface area contributed by atoms with Crippen LogP contribution in [0.4, 0.5) is 13.2 Å². The van der Waals surface area contributed by atoms with Crippen molar-refractivity contribution in [3.05, 3.63) is 70.5 Å². The van der Waals surface area contributed by atoms with Gasteiger partial charge in [-0.3, -0.25) is 9.59 Å². The van der Waals surface area contributed by atoms with Gasteiger partial charge in [-0.1, -0.05) is 6.07 Å². The van der Waals surface area contributed by atoms with Crippen molar-refractivity contribution in [2.45, 2.75) is 19.4 Å². The Bertz CT molecular complexity index is 772. The smallest absolute Gasteiger partial charge is 0.305 e. The largest absolute Gasteiger partial charge is 0.481 e. The lowest BCUT2D eigenvalue weighted by molar-refractivity contribution is -0.137. The Morgan fingerprint density at radius 3 is 2.38 bits per heavy atom. The summed E-state index contributed by atoms with van der Waals surface area (Å²) in [6.45, 7) is 1.59. The average molecular weight is 337 g/mol. The molecule has 0 aromatic heterocycles. The van der Waals surface area contributed by atoms with Crippen LogP contribution in [0.1, 0.15) is 33.9 Å². The lowest BCUT2D eigenvalue weighted by Gasteiger charge is -2.18. The van der Waals surface area contributed by atoms with E-state index in [1.165, 1.54) is 12.1 Å². The van der Waals surface area contributed by atoms with E-state index in [4.69, 9.17) is 5.11 Å². The van der Waals surface area contributed by atoms with E-state index >= 15 is 0 Å². The summed E-state index contributed by atoms with van der Waals surface area (Å²) in [7, 11) is 0. The van der Waals surface area contributed by atoms with Gasteiger partial charge in [0.1, 0.15) is 17.5 Å². The summed E-state index contributed by atoms with van der Waals surface area (Å²) in [6.07, 6.45) is -0.609. The molecule has 0 saturated carbocycles. The van der Waals surface area contributed by atoms with E-state index in [9.17, 15) is 22.8 Å². The summed E-state index contributed by atoms with van der Waals surface area (Å²) in [5.41, 5.74) is 0.314. The van der Waals surface area contributed by atoms with Gasteiger partial charge in [0.2, 0.25) is 0 Å². The van der Waals surface area contributed by atoms with Crippen LogP contribution in [0, 0.1) is 24.4 Å². The van der Waals surface area contributed by atoms with E-state index < -0.39 is 41.8 Å². The maximum absolute atomic E-state index is 13.9. The number of carbonyl (C=O) groups is 2.